The van der Waals surface area contributed by atoms with Gasteiger partial charge in [-0.1, -0.05) is 0 Å². The van der Waals surface area contributed by atoms with E-state index in [0.29, 0.717) is 11.6 Å². The number of aliphatic hydroxyl groups is 1. The van der Waals surface area contributed by atoms with Crippen LogP contribution in [0.4, 0.5) is 11.6 Å². The molecule has 6 nitrogen and oxygen atoms in total. The maximum Gasteiger partial charge on any atom is 0.217 e. The second kappa shape index (κ2) is 3.21. The molecule has 1 aliphatic heterocycles. The summed E-state index contributed by atoms with van der Waals surface area (Å²) < 4.78 is 4.50. The lowest BCUT2D eigenvalue weighted by Gasteiger charge is -2.21. The molecule has 1 aliphatic rings. The average Bonchev–Trinajstić information content (AvgIpc) is 2.71. The Labute approximate surface area is 75.3 Å². The highest BCUT2D eigenvalue weighted by atomic mass is 16.6. The first-order valence-corrected chi connectivity index (χ1v) is 4.28. The Morgan fingerprint density at radius 1 is 1.62 bits per heavy atom. The maximum absolute atomic E-state index is 9.06. The highest BCUT2D eigenvalue weighted by Gasteiger charge is 2.28. The second-order valence-electron chi connectivity index (χ2n) is 3.15. The third-order valence-electron chi connectivity index (χ3n) is 2.36. The summed E-state index contributed by atoms with van der Waals surface area (Å²) in [6, 6.07) is 0.106. The normalized spacial score (nSPS) is 22.5. The molecule has 0 aromatic carbocycles. The van der Waals surface area contributed by atoms with Gasteiger partial charge in [-0.3, -0.25) is 0 Å². The minimum Gasteiger partial charge on any atom is -0.394 e. The lowest BCUT2D eigenvalue weighted by atomic mass is 10.2. The van der Waals surface area contributed by atoms with Gasteiger partial charge >= 0.3 is 0 Å². The van der Waals surface area contributed by atoms with Crippen LogP contribution in [0.2, 0.25) is 0 Å². The Balaban J connectivity index is 2.20. The van der Waals surface area contributed by atoms with Gasteiger partial charge < -0.3 is 15.7 Å². The fraction of sp³-hybridized carbons (Fsp3) is 0.714. The molecule has 3 N–H and O–H groups in total. The zero-order valence-corrected chi connectivity index (χ0v) is 7.18. The van der Waals surface area contributed by atoms with Crippen molar-refractivity contribution in [3.05, 3.63) is 0 Å². The van der Waals surface area contributed by atoms with Crippen molar-refractivity contribution < 1.29 is 9.74 Å². The van der Waals surface area contributed by atoms with Gasteiger partial charge in [-0.15, -0.1) is 0 Å². The number of aromatic nitrogens is 2. The van der Waals surface area contributed by atoms with Crippen molar-refractivity contribution in [1.82, 2.24) is 10.3 Å². The van der Waals surface area contributed by atoms with Crippen LogP contribution < -0.4 is 10.6 Å². The highest BCUT2D eigenvalue weighted by molar-refractivity contribution is 5.57. The van der Waals surface area contributed by atoms with Crippen LogP contribution in [0.1, 0.15) is 12.8 Å². The summed E-state index contributed by atoms with van der Waals surface area (Å²) in [6.07, 6.45) is 2.00. The Morgan fingerprint density at radius 2 is 2.46 bits per heavy atom. The molecule has 72 valence electrons. The molecule has 1 aromatic heterocycles. The maximum atomic E-state index is 9.06. The number of hydrogen-bond acceptors (Lipinski definition) is 6. The summed E-state index contributed by atoms with van der Waals surface area (Å²) in [5.74, 6) is 0.844. The molecule has 1 saturated heterocycles. The largest absolute Gasteiger partial charge is 0.394 e. The van der Waals surface area contributed by atoms with Crippen molar-refractivity contribution in [3.63, 3.8) is 0 Å². The molecule has 2 rings (SSSR count). The van der Waals surface area contributed by atoms with Crippen molar-refractivity contribution >= 4 is 11.6 Å². The van der Waals surface area contributed by atoms with Gasteiger partial charge in [0.25, 0.3) is 0 Å². The van der Waals surface area contributed by atoms with Crippen LogP contribution in [0.3, 0.4) is 0 Å². The zero-order chi connectivity index (χ0) is 9.26. The first kappa shape index (κ1) is 8.31. The van der Waals surface area contributed by atoms with Crippen LogP contribution in [0.5, 0.6) is 0 Å². The van der Waals surface area contributed by atoms with Crippen molar-refractivity contribution in [2.24, 2.45) is 0 Å². The molecule has 0 saturated carbocycles. The molecular weight excluding hydrogens is 172 g/mol. The van der Waals surface area contributed by atoms with Crippen molar-refractivity contribution in [2.75, 3.05) is 23.8 Å². The Bertz CT molecular complexity index is 288. The lowest BCUT2D eigenvalue weighted by molar-refractivity contribution is 0.264. The van der Waals surface area contributed by atoms with Crippen LogP contribution >= 0.6 is 0 Å². The SMILES string of the molecule is Nc1nonc1N1CCCC1CO. The van der Waals surface area contributed by atoms with E-state index in [2.05, 4.69) is 14.9 Å². The van der Waals surface area contributed by atoms with E-state index in [1.165, 1.54) is 0 Å². The molecular formula is C7H12N4O2. The number of aliphatic hydroxyl groups excluding tert-OH is 1. The van der Waals surface area contributed by atoms with Crippen molar-refractivity contribution in [3.8, 4) is 0 Å². The molecule has 6 heteroatoms. The smallest absolute Gasteiger partial charge is 0.217 e. The number of nitrogens with zero attached hydrogens (tertiary/aromatic N) is 3. The highest BCUT2D eigenvalue weighted by Crippen LogP contribution is 2.26. The number of hydrogen-bond donors (Lipinski definition) is 2. The van der Waals surface area contributed by atoms with Crippen LogP contribution in [-0.4, -0.2) is 34.6 Å². The van der Waals surface area contributed by atoms with E-state index >= 15 is 0 Å². The molecule has 1 aromatic rings. The monoisotopic (exact) mass is 184 g/mol. The number of rotatable bonds is 2. The Hall–Kier alpha value is -1.30. The molecule has 1 fully saturated rings. The summed E-state index contributed by atoms with van der Waals surface area (Å²) in [4.78, 5) is 1.94. The molecule has 13 heavy (non-hydrogen) atoms. The van der Waals surface area contributed by atoms with E-state index < -0.39 is 0 Å². The molecule has 0 aliphatic carbocycles. The van der Waals surface area contributed by atoms with Gasteiger partial charge in [0.2, 0.25) is 11.6 Å². The number of nitrogen functional groups attached to an aromatic ring is 1. The van der Waals surface area contributed by atoms with Gasteiger partial charge in [0.15, 0.2) is 0 Å². The first-order chi connectivity index (χ1) is 6.33. The van der Waals surface area contributed by atoms with E-state index in [1.807, 2.05) is 4.90 Å². The minimum atomic E-state index is 0.106. The van der Waals surface area contributed by atoms with Gasteiger partial charge in [0.1, 0.15) is 0 Å². The van der Waals surface area contributed by atoms with Gasteiger partial charge in [-0.2, -0.15) is 0 Å². The summed E-state index contributed by atoms with van der Waals surface area (Å²) in [5.41, 5.74) is 5.55. The molecule has 0 bridgehead atoms. The number of nitrogens with two attached hydrogens (primary N) is 1. The topological polar surface area (TPSA) is 88.4 Å². The third-order valence-corrected chi connectivity index (χ3v) is 2.36. The number of anilines is 2. The van der Waals surface area contributed by atoms with Gasteiger partial charge in [-0.05, 0) is 23.2 Å². The molecule has 0 spiro atoms. The van der Waals surface area contributed by atoms with Gasteiger partial charge in [0.05, 0.1) is 12.6 Å². The first-order valence-electron chi connectivity index (χ1n) is 4.28. The third kappa shape index (κ3) is 1.33. The van der Waals surface area contributed by atoms with Crippen molar-refractivity contribution in [1.29, 1.82) is 0 Å². The minimum absolute atomic E-state index is 0.106. The summed E-state index contributed by atoms with van der Waals surface area (Å²) >= 11 is 0. The van der Waals surface area contributed by atoms with Crippen LogP contribution in [0, 0.1) is 0 Å². The van der Waals surface area contributed by atoms with Crippen molar-refractivity contribution in [2.45, 2.75) is 18.9 Å². The van der Waals surface area contributed by atoms with Gasteiger partial charge in [0, 0.05) is 6.54 Å². The Morgan fingerprint density at radius 3 is 3.08 bits per heavy atom. The standard InChI is InChI=1S/C7H12N4O2/c8-6-7(10-13-9-6)11-3-1-2-5(11)4-12/h5,12H,1-4H2,(H2,8,9). The molecule has 1 unspecified atom stereocenters. The fourth-order valence-electron chi connectivity index (χ4n) is 1.69. The Kier molecular flexibility index (Phi) is 2.05. The van der Waals surface area contributed by atoms with Crippen LogP contribution in [0.15, 0.2) is 4.63 Å². The predicted octanol–water partition coefficient (Wildman–Crippen LogP) is -0.387. The quantitative estimate of drug-likeness (QED) is 0.651. The predicted molar refractivity (Wildman–Crippen MR) is 46.2 cm³/mol. The summed E-state index contributed by atoms with van der Waals surface area (Å²) in [7, 11) is 0. The molecule has 1 atom stereocenters. The molecule has 0 amide bonds. The van der Waals surface area contributed by atoms with E-state index in [0.717, 1.165) is 19.4 Å². The second-order valence-corrected chi connectivity index (χ2v) is 3.15. The fourth-order valence-corrected chi connectivity index (χ4v) is 1.69. The van der Waals surface area contributed by atoms with E-state index in [-0.39, 0.29) is 12.6 Å². The van der Waals surface area contributed by atoms with E-state index in [1.54, 1.807) is 0 Å². The molecule has 2 heterocycles. The lowest BCUT2D eigenvalue weighted by Crippen LogP contribution is -2.32. The zero-order valence-electron chi connectivity index (χ0n) is 7.18. The van der Waals surface area contributed by atoms with Crippen LogP contribution in [0.25, 0.3) is 0 Å². The van der Waals surface area contributed by atoms with E-state index in [4.69, 9.17) is 10.8 Å². The van der Waals surface area contributed by atoms with Crippen LogP contribution in [-0.2, 0) is 0 Å². The summed E-state index contributed by atoms with van der Waals surface area (Å²) in [5, 5.41) is 16.3. The average molecular weight is 184 g/mol. The summed E-state index contributed by atoms with van der Waals surface area (Å²) in [6.45, 7) is 0.968. The molecule has 0 radical (unpaired) electrons. The van der Waals surface area contributed by atoms with Gasteiger partial charge in [-0.25, -0.2) is 4.63 Å². The van der Waals surface area contributed by atoms with E-state index in [9.17, 15) is 0 Å².